The monoisotopic (exact) mass is 484 g/mol. The van der Waals surface area contributed by atoms with Gasteiger partial charge in [-0.15, -0.1) is 23.5 Å². The molecule has 6 heteroatoms. The molecule has 0 amide bonds. The zero-order chi connectivity index (χ0) is 22.4. The highest BCUT2D eigenvalue weighted by molar-refractivity contribution is 8.20. The molecule has 4 rings (SSSR count). The molecule has 2 unspecified atom stereocenters. The third-order valence-corrected chi connectivity index (χ3v) is 10.5. The highest BCUT2D eigenvalue weighted by Gasteiger charge is 2.56. The molecule has 4 fully saturated rings. The van der Waals surface area contributed by atoms with Crippen molar-refractivity contribution in [3.05, 3.63) is 12.2 Å². The molecule has 3 heterocycles. The van der Waals surface area contributed by atoms with Crippen LogP contribution < -0.4 is 0 Å². The number of rotatable bonds is 9. The lowest BCUT2D eigenvalue weighted by Crippen LogP contribution is -2.52. The second-order valence-corrected chi connectivity index (χ2v) is 13.5. The number of hydrogen-bond donors (Lipinski definition) is 0. The van der Waals surface area contributed by atoms with Crippen LogP contribution in [0.15, 0.2) is 12.2 Å². The summed E-state index contributed by atoms with van der Waals surface area (Å²) in [6.45, 7) is 9.18. The molecule has 0 radical (unpaired) electrons. The van der Waals surface area contributed by atoms with Crippen LogP contribution in [-0.2, 0) is 18.9 Å². The van der Waals surface area contributed by atoms with E-state index in [1.165, 1.54) is 37.2 Å². The fourth-order valence-corrected chi connectivity index (χ4v) is 8.82. The van der Waals surface area contributed by atoms with Crippen molar-refractivity contribution in [3.63, 3.8) is 0 Å². The number of allylic oxidation sites excluding steroid dienone is 1. The molecule has 32 heavy (non-hydrogen) atoms. The van der Waals surface area contributed by atoms with Crippen LogP contribution in [0.25, 0.3) is 0 Å². The average Bonchev–Trinajstić information content (AvgIpc) is 3.43. The first-order chi connectivity index (χ1) is 15.5. The molecule has 0 aromatic heterocycles. The van der Waals surface area contributed by atoms with E-state index in [0.717, 1.165) is 51.9 Å². The Balaban J connectivity index is 1.45. The van der Waals surface area contributed by atoms with E-state index in [4.69, 9.17) is 18.9 Å². The minimum atomic E-state index is -0.398. The molecule has 1 aliphatic carbocycles. The third kappa shape index (κ3) is 6.48. The Morgan fingerprint density at radius 1 is 1.06 bits per heavy atom. The maximum absolute atomic E-state index is 6.57. The summed E-state index contributed by atoms with van der Waals surface area (Å²) in [6, 6.07) is 0. The maximum Gasteiger partial charge on any atom is 0.173 e. The number of unbranched alkanes of at least 4 members (excludes halogenated alkanes) is 2. The zero-order valence-electron chi connectivity index (χ0n) is 20.4. The number of ether oxygens (including phenoxy) is 4. The van der Waals surface area contributed by atoms with E-state index in [-0.39, 0.29) is 17.8 Å². The Bertz CT molecular complexity index is 589. The number of hydrogen-bond acceptors (Lipinski definition) is 6. The van der Waals surface area contributed by atoms with Gasteiger partial charge in [0.2, 0.25) is 0 Å². The van der Waals surface area contributed by atoms with Crippen LogP contribution in [0, 0.1) is 17.3 Å². The van der Waals surface area contributed by atoms with Crippen molar-refractivity contribution in [2.24, 2.45) is 17.3 Å². The summed E-state index contributed by atoms with van der Waals surface area (Å²) >= 11 is 4.22. The smallest absolute Gasteiger partial charge is 0.173 e. The zero-order valence-corrected chi connectivity index (χ0v) is 22.0. The fourth-order valence-electron chi connectivity index (χ4n) is 5.39. The third-order valence-electron chi connectivity index (χ3n) is 7.28. The molecule has 0 N–H and O–H groups in total. The van der Waals surface area contributed by atoms with Crippen molar-refractivity contribution in [1.82, 2.24) is 0 Å². The van der Waals surface area contributed by atoms with Crippen LogP contribution in [0.4, 0.5) is 0 Å². The van der Waals surface area contributed by atoms with Crippen LogP contribution in [0.5, 0.6) is 0 Å². The van der Waals surface area contributed by atoms with E-state index >= 15 is 0 Å². The van der Waals surface area contributed by atoms with Gasteiger partial charge in [-0.1, -0.05) is 52.2 Å². The second-order valence-electron chi connectivity index (χ2n) is 10.7. The van der Waals surface area contributed by atoms with Crippen molar-refractivity contribution in [1.29, 1.82) is 0 Å². The van der Waals surface area contributed by atoms with E-state index < -0.39 is 5.79 Å². The summed E-state index contributed by atoms with van der Waals surface area (Å²) in [5.74, 6) is 2.99. The summed E-state index contributed by atoms with van der Waals surface area (Å²) in [6.07, 6.45) is 15.3. The van der Waals surface area contributed by atoms with Gasteiger partial charge in [0.15, 0.2) is 12.1 Å². The lowest BCUT2D eigenvalue weighted by molar-refractivity contribution is -0.313. The molecule has 1 saturated carbocycles. The quantitative estimate of drug-likeness (QED) is 0.270. The molecule has 184 valence electrons. The highest BCUT2D eigenvalue weighted by Crippen LogP contribution is 2.55. The van der Waals surface area contributed by atoms with Gasteiger partial charge in [0.1, 0.15) is 0 Å². The minimum absolute atomic E-state index is 0.0288. The second kappa shape index (κ2) is 11.8. The molecule has 3 saturated heterocycles. The van der Waals surface area contributed by atoms with Gasteiger partial charge >= 0.3 is 0 Å². The SMILES string of the molecule is CCCCCC(C=C[C@H]1CCC2(OCC(C)(C)CO2)[C@@H]1C1SCCS1)OC1CCCCO1. The Morgan fingerprint density at radius 2 is 1.84 bits per heavy atom. The summed E-state index contributed by atoms with van der Waals surface area (Å²) in [5, 5.41) is 0. The molecule has 4 aliphatic rings. The lowest BCUT2D eigenvalue weighted by atomic mass is 9.90. The average molecular weight is 485 g/mol. The van der Waals surface area contributed by atoms with E-state index in [2.05, 4.69) is 56.4 Å². The maximum atomic E-state index is 6.57. The topological polar surface area (TPSA) is 36.9 Å². The predicted molar refractivity (Wildman–Crippen MR) is 135 cm³/mol. The Hall–Kier alpha value is 0.280. The van der Waals surface area contributed by atoms with E-state index in [1.54, 1.807) is 0 Å². The predicted octanol–water partition coefficient (Wildman–Crippen LogP) is 6.64. The van der Waals surface area contributed by atoms with Crippen molar-refractivity contribution in [3.8, 4) is 0 Å². The van der Waals surface area contributed by atoms with Gasteiger partial charge in [-0.3, -0.25) is 0 Å². The summed E-state index contributed by atoms with van der Waals surface area (Å²) < 4.78 is 26.0. The summed E-state index contributed by atoms with van der Waals surface area (Å²) in [4.78, 5) is 0. The van der Waals surface area contributed by atoms with Gasteiger partial charge in [-0.05, 0) is 38.0 Å². The van der Waals surface area contributed by atoms with Crippen LogP contribution in [0.3, 0.4) is 0 Å². The van der Waals surface area contributed by atoms with Crippen molar-refractivity contribution in [2.75, 3.05) is 31.3 Å². The van der Waals surface area contributed by atoms with Gasteiger partial charge in [0.05, 0.1) is 23.9 Å². The van der Waals surface area contributed by atoms with Crippen LogP contribution in [0.2, 0.25) is 0 Å². The molecule has 4 nitrogen and oxygen atoms in total. The molecule has 4 atom stereocenters. The molecule has 3 aliphatic heterocycles. The molecular formula is C26H44O4S2. The largest absolute Gasteiger partial charge is 0.353 e. The van der Waals surface area contributed by atoms with Gasteiger partial charge in [-0.2, -0.15) is 0 Å². The summed E-state index contributed by atoms with van der Waals surface area (Å²) in [7, 11) is 0. The van der Waals surface area contributed by atoms with E-state index in [0.29, 0.717) is 16.4 Å². The number of thioether (sulfide) groups is 2. The van der Waals surface area contributed by atoms with E-state index in [9.17, 15) is 0 Å². The first-order valence-corrected chi connectivity index (χ1v) is 15.1. The van der Waals surface area contributed by atoms with Gasteiger partial charge in [-0.25, -0.2) is 0 Å². The Labute approximate surface area is 204 Å². The fraction of sp³-hybridized carbons (Fsp3) is 0.923. The van der Waals surface area contributed by atoms with Gasteiger partial charge < -0.3 is 18.9 Å². The van der Waals surface area contributed by atoms with E-state index in [1.807, 2.05) is 0 Å². The Morgan fingerprint density at radius 3 is 2.53 bits per heavy atom. The normalized spacial score (nSPS) is 33.9. The minimum Gasteiger partial charge on any atom is -0.353 e. The van der Waals surface area contributed by atoms with Gasteiger partial charge in [0.25, 0.3) is 0 Å². The van der Waals surface area contributed by atoms with Crippen molar-refractivity contribution in [2.45, 2.75) is 101 Å². The van der Waals surface area contributed by atoms with Crippen LogP contribution in [0.1, 0.15) is 78.6 Å². The molecule has 0 aromatic carbocycles. The standard InChI is InChI=1S/C26H44O4S2/c1-4-5-6-9-21(30-22-10-7-8-15-27-22)12-11-20-13-14-26(23(20)24-31-16-17-32-24)28-18-25(2,3)19-29-26/h11-12,20-24H,4-10,13-19H2,1-3H3/t20-,21?,22?,23-/m0/s1. The van der Waals surface area contributed by atoms with Crippen molar-refractivity contribution >= 4 is 23.5 Å². The van der Waals surface area contributed by atoms with Crippen LogP contribution >= 0.6 is 23.5 Å². The Kier molecular flexibility index (Phi) is 9.36. The first kappa shape index (κ1) is 25.4. The molecule has 1 spiro atoms. The molecule has 0 bridgehead atoms. The lowest BCUT2D eigenvalue weighted by Gasteiger charge is -2.46. The molecular weight excluding hydrogens is 440 g/mol. The highest BCUT2D eigenvalue weighted by atomic mass is 32.2. The molecule has 0 aromatic rings. The van der Waals surface area contributed by atoms with Gasteiger partial charge in [0, 0.05) is 35.9 Å². The van der Waals surface area contributed by atoms with Crippen molar-refractivity contribution < 1.29 is 18.9 Å². The van der Waals surface area contributed by atoms with Crippen LogP contribution in [-0.4, -0.2) is 54.1 Å². The first-order valence-electron chi connectivity index (χ1n) is 13.0. The summed E-state index contributed by atoms with van der Waals surface area (Å²) in [5.41, 5.74) is 0.109.